The third-order valence-electron chi connectivity index (χ3n) is 3.51. The van der Waals surface area contributed by atoms with Gasteiger partial charge in [0.25, 0.3) is 5.91 Å². The summed E-state index contributed by atoms with van der Waals surface area (Å²) < 4.78 is 0. The molecular formula is C14H16N4OS. The van der Waals surface area contributed by atoms with Crippen LogP contribution in [0.1, 0.15) is 27.0 Å². The van der Waals surface area contributed by atoms with E-state index in [1.165, 1.54) is 11.3 Å². The minimum absolute atomic E-state index is 0.0337. The third kappa shape index (κ3) is 2.44. The lowest BCUT2D eigenvalue weighted by Gasteiger charge is -2.36. The van der Waals surface area contributed by atoms with E-state index in [4.69, 9.17) is 0 Å². The average Bonchev–Trinajstić information content (AvgIpc) is 2.93. The molecule has 1 fully saturated rings. The first-order chi connectivity index (χ1) is 9.77. The number of carbonyl (C=O) groups excluding carboxylic acids is 1. The van der Waals surface area contributed by atoms with Crippen LogP contribution in [0.3, 0.4) is 0 Å². The van der Waals surface area contributed by atoms with E-state index in [-0.39, 0.29) is 11.9 Å². The van der Waals surface area contributed by atoms with E-state index in [1.54, 1.807) is 11.7 Å². The summed E-state index contributed by atoms with van der Waals surface area (Å²) in [6.45, 7) is 4.16. The molecule has 1 amide bonds. The summed E-state index contributed by atoms with van der Waals surface area (Å²) in [6.07, 6.45) is 3.58. The van der Waals surface area contributed by atoms with Crippen molar-refractivity contribution in [2.45, 2.75) is 13.0 Å². The molecule has 6 heteroatoms. The summed E-state index contributed by atoms with van der Waals surface area (Å²) in [5, 5.41) is 3.34. The van der Waals surface area contributed by atoms with E-state index in [0.29, 0.717) is 6.54 Å². The molecule has 0 saturated carbocycles. The highest BCUT2D eigenvalue weighted by atomic mass is 32.1. The van der Waals surface area contributed by atoms with Crippen molar-refractivity contribution in [3.05, 3.63) is 46.2 Å². The molecule has 3 rings (SSSR count). The van der Waals surface area contributed by atoms with Gasteiger partial charge in [0, 0.05) is 32.0 Å². The Morgan fingerprint density at radius 1 is 1.55 bits per heavy atom. The lowest BCUT2D eigenvalue weighted by molar-refractivity contribution is 0.0638. The monoisotopic (exact) mass is 288 g/mol. The number of rotatable bonds is 2. The molecule has 1 atom stereocenters. The summed E-state index contributed by atoms with van der Waals surface area (Å²) in [5.74, 6) is 0.0698. The zero-order chi connectivity index (χ0) is 13.9. The number of carbonyl (C=O) groups is 1. The van der Waals surface area contributed by atoms with E-state index in [9.17, 15) is 4.79 Å². The number of aromatic nitrogens is 2. The molecule has 104 valence electrons. The van der Waals surface area contributed by atoms with Gasteiger partial charge in [0.1, 0.15) is 4.88 Å². The Bertz CT molecular complexity index is 598. The first-order valence-corrected chi connectivity index (χ1v) is 7.47. The van der Waals surface area contributed by atoms with E-state index in [0.717, 1.165) is 29.2 Å². The molecule has 0 aliphatic carbocycles. The topological polar surface area (TPSA) is 58.1 Å². The summed E-state index contributed by atoms with van der Waals surface area (Å²) in [4.78, 5) is 23.7. The van der Waals surface area contributed by atoms with Gasteiger partial charge in [0.05, 0.1) is 17.2 Å². The maximum Gasteiger partial charge on any atom is 0.266 e. The highest BCUT2D eigenvalue weighted by molar-refractivity contribution is 7.11. The fraction of sp³-hybridized carbons (Fsp3) is 0.357. The Morgan fingerprint density at radius 2 is 2.45 bits per heavy atom. The lowest BCUT2D eigenvalue weighted by atomic mass is 10.0. The molecule has 3 heterocycles. The van der Waals surface area contributed by atoms with Crippen LogP contribution in [0.15, 0.2) is 30.0 Å². The van der Waals surface area contributed by atoms with Crippen molar-refractivity contribution in [1.29, 1.82) is 0 Å². The van der Waals surface area contributed by atoms with Gasteiger partial charge in [0.2, 0.25) is 0 Å². The largest absolute Gasteiger partial charge is 0.328 e. The molecule has 1 N–H and O–H groups in total. The SMILES string of the molecule is Cc1ncsc1C(=O)N1CCNCC1c1cccnc1. The summed E-state index contributed by atoms with van der Waals surface area (Å²) in [5.41, 5.74) is 3.60. The van der Waals surface area contributed by atoms with Crippen LogP contribution in [-0.2, 0) is 0 Å². The maximum atomic E-state index is 12.7. The maximum absolute atomic E-state index is 12.7. The zero-order valence-electron chi connectivity index (χ0n) is 11.2. The first-order valence-electron chi connectivity index (χ1n) is 6.59. The Morgan fingerprint density at radius 3 is 3.15 bits per heavy atom. The molecule has 0 aromatic carbocycles. The molecule has 2 aromatic heterocycles. The summed E-state index contributed by atoms with van der Waals surface area (Å²) >= 11 is 1.41. The zero-order valence-corrected chi connectivity index (χ0v) is 12.1. The van der Waals surface area contributed by atoms with Crippen molar-refractivity contribution in [2.75, 3.05) is 19.6 Å². The van der Waals surface area contributed by atoms with Gasteiger partial charge in [-0.1, -0.05) is 6.07 Å². The van der Waals surface area contributed by atoms with Gasteiger partial charge < -0.3 is 10.2 Å². The molecule has 0 spiro atoms. The number of hydrogen-bond donors (Lipinski definition) is 1. The number of thiazole rings is 1. The normalized spacial score (nSPS) is 19.1. The quantitative estimate of drug-likeness (QED) is 0.912. The number of hydrogen-bond acceptors (Lipinski definition) is 5. The first kappa shape index (κ1) is 13.2. The minimum Gasteiger partial charge on any atom is -0.328 e. The van der Waals surface area contributed by atoms with Crippen molar-refractivity contribution in [3.8, 4) is 0 Å². The standard InChI is InChI=1S/C14H16N4OS/c1-10-13(20-9-17-10)14(19)18-6-5-16-8-12(18)11-3-2-4-15-7-11/h2-4,7,9,12,16H,5-6,8H2,1H3. The van der Waals surface area contributed by atoms with Gasteiger partial charge in [-0.05, 0) is 18.6 Å². The van der Waals surface area contributed by atoms with Crippen LogP contribution in [0.5, 0.6) is 0 Å². The molecule has 20 heavy (non-hydrogen) atoms. The van der Waals surface area contributed by atoms with Crippen molar-refractivity contribution >= 4 is 17.2 Å². The van der Waals surface area contributed by atoms with Crippen molar-refractivity contribution in [2.24, 2.45) is 0 Å². The predicted octanol–water partition coefficient (Wildman–Crippen LogP) is 1.63. The second kappa shape index (κ2) is 5.68. The van der Waals surface area contributed by atoms with Gasteiger partial charge in [-0.2, -0.15) is 0 Å². The average molecular weight is 288 g/mol. The number of pyridine rings is 1. The molecule has 1 aliphatic heterocycles. The van der Waals surface area contributed by atoms with E-state index >= 15 is 0 Å². The van der Waals surface area contributed by atoms with Crippen molar-refractivity contribution < 1.29 is 4.79 Å². The number of piperazine rings is 1. The second-order valence-electron chi connectivity index (χ2n) is 4.77. The van der Waals surface area contributed by atoms with Crippen LogP contribution in [0.25, 0.3) is 0 Å². The second-order valence-corrected chi connectivity index (χ2v) is 5.63. The molecule has 2 aromatic rings. The van der Waals surface area contributed by atoms with Gasteiger partial charge >= 0.3 is 0 Å². The van der Waals surface area contributed by atoms with Gasteiger partial charge in [-0.3, -0.25) is 9.78 Å². The van der Waals surface area contributed by atoms with Crippen molar-refractivity contribution in [3.63, 3.8) is 0 Å². The van der Waals surface area contributed by atoms with E-state index < -0.39 is 0 Å². The van der Waals surface area contributed by atoms with Crippen molar-refractivity contribution in [1.82, 2.24) is 20.2 Å². The molecule has 1 unspecified atom stereocenters. The van der Waals surface area contributed by atoms with Crippen LogP contribution in [-0.4, -0.2) is 40.4 Å². The fourth-order valence-electron chi connectivity index (χ4n) is 2.46. The van der Waals surface area contributed by atoms with Gasteiger partial charge in [-0.25, -0.2) is 4.98 Å². The number of aryl methyl sites for hydroxylation is 1. The fourth-order valence-corrected chi connectivity index (χ4v) is 3.21. The molecule has 0 radical (unpaired) electrons. The summed E-state index contributed by atoms with van der Waals surface area (Å²) in [6, 6.07) is 3.96. The summed E-state index contributed by atoms with van der Waals surface area (Å²) in [7, 11) is 0. The van der Waals surface area contributed by atoms with Crippen LogP contribution in [0.2, 0.25) is 0 Å². The molecular weight excluding hydrogens is 272 g/mol. The number of nitrogens with one attached hydrogen (secondary N) is 1. The van der Waals surface area contributed by atoms with Gasteiger partial charge in [0.15, 0.2) is 0 Å². The number of nitrogens with zero attached hydrogens (tertiary/aromatic N) is 3. The highest BCUT2D eigenvalue weighted by Gasteiger charge is 2.30. The highest BCUT2D eigenvalue weighted by Crippen LogP contribution is 2.25. The Labute approximate surface area is 121 Å². The smallest absolute Gasteiger partial charge is 0.266 e. The third-order valence-corrected chi connectivity index (χ3v) is 4.43. The Balaban J connectivity index is 1.90. The molecule has 1 saturated heterocycles. The lowest BCUT2D eigenvalue weighted by Crippen LogP contribution is -2.48. The number of amides is 1. The van der Waals surface area contributed by atoms with Crippen LogP contribution in [0.4, 0.5) is 0 Å². The van der Waals surface area contributed by atoms with E-state index in [1.807, 2.05) is 30.2 Å². The van der Waals surface area contributed by atoms with Crippen LogP contribution in [0, 0.1) is 6.92 Å². The predicted molar refractivity (Wildman–Crippen MR) is 77.7 cm³/mol. The van der Waals surface area contributed by atoms with Gasteiger partial charge in [-0.15, -0.1) is 11.3 Å². The molecule has 5 nitrogen and oxygen atoms in total. The Hall–Kier alpha value is -1.79. The van der Waals surface area contributed by atoms with Crippen LogP contribution >= 0.6 is 11.3 Å². The minimum atomic E-state index is 0.0337. The Kier molecular flexibility index (Phi) is 3.75. The molecule has 0 bridgehead atoms. The van der Waals surface area contributed by atoms with Crippen LogP contribution < -0.4 is 5.32 Å². The molecule has 1 aliphatic rings. The van der Waals surface area contributed by atoms with E-state index in [2.05, 4.69) is 15.3 Å².